The van der Waals surface area contributed by atoms with E-state index in [1.54, 1.807) is 12.1 Å². The maximum atomic E-state index is 11.7. The number of nitrogens with zero attached hydrogens (tertiary/aromatic N) is 4. The van der Waals surface area contributed by atoms with Gasteiger partial charge in [-0.25, -0.2) is 4.79 Å². The van der Waals surface area contributed by atoms with Crippen LogP contribution in [-0.4, -0.2) is 9.78 Å². The molecule has 6 heteroatoms. The van der Waals surface area contributed by atoms with Crippen LogP contribution in [0.15, 0.2) is 39.5 Å². The maximum Gasteiger partial charge on any atom is 0.437 e. The van der Waals surface area contributed by atoms with Crippen LogP contribution in [0.25, 0.3) is 11.5 Å². The zero-order valence-corrected chi connectivity index (χ0v) is 10.7. The first-order chi connectivity index (χ1) is 9.74. The van der Waals surface area contributed by atoms with E-state index >= 15 is 0 Å². The van der Waals surface area contributed by atoms with Crippen LogP contribution >= 0.6 is 0 Å². The Morgan fingerprint density at radius 2 is 2.05 bits per heavy atom. The van der Waals surface area contributed by atoms with Gasteiger partial charge < -0.3 is 4.42 Å². The summed E-state index contributed by atoms with van der Waals surface area (Å²) in [6.45, 7) is 0.132. The van der Waals surface area contributed by atoms with E-state index in [1.807, 2.05) is 24.3 Å². The average Bonchev–Trinajstić information content (AvgIpc) is 2.85. The van der Waals surface area contributed by atoms with Crippen LogP contribution in [0.1, 0.15) is 12.8 Å². The Morgan fingerprint density at radius 3 is 2.70 bits per heavy atom. The number of hydrogen-bond acceptors (Lipinski definition) is 5. The third-order valence-electron chi connectivity index (χ3n) is 2.81. The summed E-state index contributed by atoms with van der Waals surface area (Å²) < 4.78 is 6.20. The van der Waals surface area contributed by atoms with Crippen molar-refractivity contribution in [3.05, 3.63) is 40.9 Å². The number of rotatable bonds is 5. The normalized spacial score (nSPS) is 11.5. The van der Waals surface area contributed by atoms with Gasteiger partial charge in [0.25, 0.3) is 0 Å². The summed E-state index contributed by atoms with van der Waals surface area (Å²) in [7, 11) is 0. The van der Waals surface area contributed by atoms with Gasteiger partial charge >= 0.3 is 5.76 Å². The van der Waals surface area contributed by atoms with Gasteiger partial charge in [-0.05, 0) is 18.6 Å². The molecule has 0 aliphatic heterocycles. The Balaban J connectivity index is 2.19. The van der Waals surface area contributed by atoms with Gasteiger partial charge in [-0.1, -0.05) is 18.2 Å². The molecule has 1 aromatic carbocycles. The predicted molar refractivity (Wildman–Crippen MR) is 70.1 cm³/mol. The summed E-state index contributed by atoms with van der Waals surface area (Å²) in [5.41, 5.74) is 0.703. The molecule has 2 aromatic rings. The first-order valence-corrected chi connectivity index (χ1v) is 6.14. The van der Waals surface area contributed by atoms with E-state index in [1.165, 1.54) is 0 Å². The minimum Gasteiger partial charge on any atom is -0.388 e. The van der Waals surface area contributed by atoms with E-state index in [0.29, 0.717) is 12.0 Å². The van der Waals surface area contributed by atoms with Gasteiger partial charge in [-0.2, -0.15) is 15.2 Å². The Bertz CT molecular complexity index is 703. The summed E-state index contributed by atoms with van der Waals surface area (Å²) >= 11 is 0. The van der Waals surface area contributed by atoms with Gasteiger partial charge in [0.15, 0.2) is 0 Å². The minimum atomic E-state index is -0.596. The zero-order valence-electron chi connectivity index (χ0n) is 10.7. The van der Waals surface area contributed by atoms with Gasteiger partial charge in [-0.3, -0.25) is 0 Å². The third-order valence-corrected chi connectivity index (χ3v) is 2.81. The van der Waals surface area contributed by atoms with E-state index in [2.05, 4.69) is 11.2 Å². The summed E-state index contributed by atoms with van der Waals surface area (Å²) in [6, 6.07) is 13.1. The van der Waals surface area contributed by atoms with Crippen LogP contribution in [0, 0.1) is 28.6 Å². The largest absolute Gasteiger partial charge is 0.437 e. The SMILES string of the molecule is N#CCCC(C#N)Cn1nc(-c2ccccc2)oc1=O. The molecule has 0 saturated carbocycles. The van der Waals surface area contributed by atoms with Crippen molar-refractivity contribution in [3.63, 3.8) is 0 Å². The lowest BCUT2D eigenvalue weighted by Gasteiger charge is -2.04. The molecule has 2 rings (SSSR count). The fraction of sp³-hybridized carbons (Fsp3) is 0.286. The molecule has 100 valence electrons. The van der Waals surface area contributed by atoms with Crippen LogP contribution in [0.2, 0.25) is 0 Å². The van der Waals surface area contributed by atoms with Gasteiger partial charge in [0.2, 0.25) is 5.89 Å². The lowest BCUT2D eigenvalue weighted by Crippen LogP contribution is -2.20. The van der Waals surface area contributed by atoms with Crippen molar-refractivity contribution in [2.75, 3.05) is 0 Å². The van der Waals surface area contributed by atoms with Gasteiger partial charge in [-0.15, -0.1) is 5.10 Å². The van der Waals surface area contributed by atoms with Crippen molar-refractivity contribution in [2.24, 2.45) is 5.92 Å². The Labute approximate surface area is 115 Å². The lowest BCUT2D eigenvalue weighted by atomic mass is 10.1. The molecule has 0 N–H and O–H groups in total. The third kappa shape index (κ3) is 3.12. The summed E-state index contributed by atoms with van der Waals surface area (Å²) in [5, 5.41) is 21.6. The Hall–Kier alpha value is -2.86. The number of aromatic nitrogens is 2. The second kappa shape index (κ2) is 6.35. The van der Waals surface area contributed by atoms with Crippen molar-refractivity contribution < 1.29 is 4.42 Å². The van der Waals surface area contributed by atoms with Crippen molar-refractivity contribution in [1.29, 1.82) is 10.5 Å². The molecule has 0 radical (unpaired) electrons. The summed E-state index contributed by atoms with van der Waals surface area (Å²) in [4.78, 5) is 11.7. The van der Waals surface area contributed by atoms with Gasteiger partial charge in [0.1, 0.15) is 0 Å². The molecule has 0 spiro atoms. The van der Waals surface area contributed by atoms with E-state index < -0.39 is 11.7 Å². The van der Waals surface area contributed by atoms with Crippen LogP contribution < -0.4 is 5.76 Å². The molecule has 0 aliphatic rings. The highest BCUT2D eigenvalue weighted by atomic mass is 16.4. The highest BCUT2D eigenvalue weighted by Crippen LogP contribution is 2.15. The molecule has 20 heavy (non-hydrogen) atoms. The monoisotopic (exact) mass is 268 g/mol. The van der Waals surface area contributed by atoms with Gasteiger partial charge in [0.05, 0.1) is 24.6 Å². The molecule has 0 amide bonds. The smallest absolute Gasteiger partial charge is 0.388 e. The lowest BCUT2D eigenvalue weighted by molar-refractivity contribution is 0.430. The topological polar surface area (TPSA) is 95.6 Å². The number of nitriles is 2. The van der Waals surface area contributed by atoms with E-state index in [4.69, 9.17) is 14.9 Å². The first-order valence-electron chi connectivity index (χ1n) is 6.14. The highest BCUT2D eigenvalue weighted by molar-refractivity contribution is 5.51. The minimum absolute atomic E-state index is 0.132. The van der Waals surface area contributed by atoms with Crippen LogP contribution in [0.3, 0.4) is 0 Å². The second-order valence-corrected chi connectivity index (χ2v) is 4.24. The zero-order chi connectivity index (χ0) is 14.4. The molecule has 6 nitrogen and oxygen atoms in total. The highest BCUT2D eigenvalue weighted by Gasteiger charge is 2.14. The molecule has 1 unspecified atom stereocenters. The molecule has 1 atom stereocenters. The van der Waals surface area contributed by atoms with Gasteiger partial charge in [0, 0.05) is 12.0 Å². The fourth-order valence-corrected chi connectivity index (χ4v) is 1.76. The standard InChI is InChI=1S/C14H12N4O2/c15-8-4-5-11(9-16)10-18-14(19)20-13(17-18)12-6-2-1-3-7-12/h1-3,6-7,11H,4-5,10H2. The predicted octanol–water partition coefficient (Wildman–Crippen LogP) is 1.95. The Kier molecular flexibility index (Phi) is 4.31. The van der Waals surface area contributed by atoms with E-state index in [-0.39, 0.29) is 18.9 Å². The molecule has 0 aliphatic carbocycles. The molecule has 1 aromatic heterocycles. The molecule has 1 heterocycles. The van der Waals surface area contributed by atoms with Crippen molar-refractivity contribution in [1.82, 2.24) is 9.78 Å². The average molecular weight is 268 g/mol. The van der Waals surface area contributed by atoms with E-state index in [9.17, 15) is 4.79 Å². The van der Waals surface area contributed by atoms with Crippen LogP contribution in [0.4, 0.5) is 0 Å². The second-order valence-electron chi connectivity index (χ2n) is 4.24. The molecule has 0 saturated heterocycles. The van der Waals surface area contributed by atoms with Crippen LogP contribution in [-0.2, 0) is 6.54 Å². The first kappa shape index (κ1) is 13.6. The maximum absolute atomic E-state index is 11.7. The van der Waals surface area contributed by atoms with Crippen molar-refractivity contribution in [2.45, 2.75) is 19.4 Å². The quantitative estimate of drug-likeness (QED) is 0.825. The van der Waals surface area contributed by atoms with Crippen molar-refractivity contribution in [3.8, 4) is 23.6 Å². The number of benzene rings is 1. The number of hydrogen-bond donors (Lipinski definition) is 0. The summed E-state index contributed by atoms with van der Waals surface area (Å²) in [5.74, 6) is -0.797. The summed E-state index contributed by atoms with van der Waals surface area (Å²) in [6.07, 6.45) is 0.684. The Morgan fingerprint density at radius 1 is 1.30 bits per heavy atom. The molecular formula is C14H12N4O2. The van der Waals surface area contributed by atoms with Crippen molar-refractivity contribution >= 4 is 0 Å². The molecular weight excluding hydrogens is 256 g/mol. The molecule has 0 fully saturated rings. The van der Waals surface area contributed by atoms with Crippen LogP contribution in [0.5, 0.6) is 0 Å². The van der Waals surface area contributed by atoms with E-state index in [0.717, 1.165) is 4.68 Å². The molecule has 0 bridgehead atoms. The fourth-order valence-electron chi connectivity index (χ4n) is 1.76.